The van der Waals surface area contributed by atoms with Crippen molar-refractivity contribution in [2.45, 2.75) is 45.6 Å². The zero-order valence-corrected chi connectivity index (χ0v) is 10.6. The highest BCUT2D eigenvalue weighted by molar-refractivity contribution is 5.47. The Labute approximate surface area is 102 Å². The van der Waals surface area contributed by atoms with Crippen molar-refractivity contribution in [3.63, 3.8) is 0 Å². The summed E-state index contributed by atoms with van der Waals surface area (Å²) in [6, 6.07) is 0.0657. The van der Waals surface area contributed by atoms with Crippen LogP contribution in [-0.4, -0.2) is 27.7 Å². The Bertz CT molecular complexity index is 379. The summed E-state index contributed by atoms with van der Waals surface area (Å²) in [5.74, 6) is 1.30. The smallest absolute Gasteiger partial charge is 0.133 e. The van der Waals surface area contributed by atoms with Gasteiger partial charge in [-0.05, 0) is 31.6 Å². The maximum absolute atomic E-state index is 9.36. The Kier molecular flexibility index (Phi) is 3.94. The third kappa shape index (κ3) is 2.75. The van der Waals surface area contributed by atoms with Crippen LogP contribution in [0.15, 0.2) is 6.33 Å². The first-order chi connectivity index (χ1) is 8.22. The van der Waals surface area contributed by atoms with Crippen molar-refractivity contribution >= 4 is 5.82 Å². The summed E-state index contributed by atoms with van der Waals surface area (Å²) < 4.78 is 0. The van der Waals surface area contributed by atoms with Gasteiger partial charge in [0.15, 0.2) is 0 Å². The molecule has 0 unspecified atom stereocenters. The van der Waals surface area contributed by atoms with E-state index in [0.29, 0.717) is 5.92 Å². The number of aromatic nitrogens is 2. The van der Waals surface area contributed by atoms with Crippen molar-refractivity contribution < 1.29 is 5.11 Å². The zero-order valence-electron chi connectivity index (χ0n) is 10.6. The topological polar surface area (TPSA) is 58.0 Å². The van der Waals surface area contributed by atoms with Gasteiger partial charge in [0, 0.05) is 11.3 Å². The second kappa shape index (κ2) is 5.45. The van der Waals surface area contributed by atoms with Gasteiger partial charge in [-0.25, -0.2) is 9.97 Å². The molecule has 4 heteroatoms. The molecule has 0 aliphatic heterocycles. The monoisotopic (exact) mass is 235 g/mol. The van der Waals surface area contributed by atoms with E-state index in [9.17, 15) is 5.11 Å². The number of hydrogen-bond donors (Lipinski definition) is 2. The molecule has 0 saturated heterocycles. The normalized spacial score (nSPS) is 16.7. The molecule has 0 saturated carbocycles. The lowest BCUT2D eigenvalue weighted by Gasteiger charge is -2.24. The molecule has 1 aromatic heterocycles. The van der Waals surface area contributed by atoms with Gasteiger partial charge in [-0.15, -0.1) is 0 Å². The van der Waals surface area contributed by atoms with Crippen LogP contribution in [0.25, 0.3) is 0 Å². The molecule has 1 aliphatic carbocycles. The average molecular weight is 235 g/mol. The Balaban J connectivity index is 2.20. The first-order valence-corrected chi connectivity index (χ1v) is 6.42. The van der Waals surface area contributed by atoms with Gasteiger partial charge in [-0.1, -0.05) is 13.8 Å². The number of aliphatic hydroxyl groups excluding tert-OH is 1. The van der Waals surface area contributed by atoms with E-state index in [-0.39, 0.29) is 12.6 Å². The van der Waals surface area contributed by atoms with Crippen LogP contribution in [0.5, 0.6) is 0 Å². The molecular weight excluding hydrogens is 214 g/mol. The van der Waals surface area contributed by atoms with Crippen LogP contribution in [-0.2, 0) is 12.8 Å². The van der Waals surface area contributed by atoms with Gasteiger partial charge in [0.2, 0.25) is 0 Å². The molecule has 0 aromatic carbocycles. The summed E-state index contributed by atoms with van der Waals surface area (Å²) in [6.45, 7) is 4.33. The molecule has 1 aliphatic rings. The third-order valence-electron chi connectivity index (χ3n) is 3.45. The average Bonchev–Trinajstić information content (AvgIpc) is 2.35. The molecule has 0 spiro atoms. The summed E-state index contributed by atoms with van der Waals surface area (Å²) in [6.07, 6.45) is 6.16. The Morgan fingerprint density at radius 1 is 1.29 bits per heavy atom. The van der Waals surface area contributed by atoms with Crippen LogP contribution in [0, 0.1) is 5.92 Å². The molecule has 0 radical (unpaired) electrons. The van der Waals surface area contributed by atoms with Crippen molar-refractivity contribution in [2.24, 2.45) is 5.92 Å². The standard InChI is InChI=1S/C13H21N3O/c1-9(2)12(7-17)16-13-10-5-3-4-6-11(10)14-8-15-13/h8-9,12,17H,3-7H2,1-2H3,(H,14,15,16)/t12-/m1/s1. The predicted molar refractivity (Wildman–Crippen MR) is 68.0 cm³/mol. The fourth-order valence-electron chi connectivity index (χ4n) is 2.24. The van der Waals surface area contributed by atoms with E-state index in [1.165, 1.54) is 24.1 Å². The quantitative estimate of drug-likeness (QED) is 0.835. The van der Waals surface area contributed by atoms with E-state index in [2.05, 4.69) is 29.1 Å². The van der Waals surface area contributed by atoms with Gasteiger partial charge in [0.25, 0.3) is 0 Å². The van der Waals surface area contributed by atoms with E-state index >= 15 is 0 Å². The Morgan fingerprint density at radius 2 is 2.06 bits per heavy atom. The second-order valence-electron chi connectivity index (χ2n) is 5.03. The van der Waals surface area contributed by atoms with Gasteiger partial charge in [-0.2, -0.15) is 0 Å². The predicted octanol–water partition coefficient (Wildman–Crippen LogP) is 1.78. The third-order valence-corrected chi connectivity index (χ3v) is 3.45. The van der Waals surface area contributed by atoms with Crippen molar-refractivity contribution in [2.75, 3.05) is 11.9 Å². The number of nitrogens with zero attached hydrogens (tertiary/aromatic N) is 2. The number of anilines is 1. The van der Waals surface area contributed by atoms with E-state index < -0.39 is 0 Å². The molecule has 2 rings (SSSR count). The minimum Gasteiger partial charge on any atom is -0.394 e. The van der Waals surface area contributed by atoms with Crippen molar-refractivity contribution in [3.8, 4) is 0 Å². The lowest BCUT2D eigenvalue weighted by Crippen LogP contribution is -2.31. The highest BCUT2D eigenvalue weighted by Gasteiger charge is 2.19. The highest BCUT2D eigenvalue weighted by Crippen LogP contribution is 2.25. The number of fused-ring (bicyclic) bond motifs is 1. The van der Waals surface area contributed by atoms with Crippen molar-refractivity contribution in [3.05, 3.63) is 17.6 Å². The maximum Gasteiger partial charge on any atom is 0.133 e. The van der Waals surface area contributed by atoms with Crippen LogP contribution in [0.1, 0.15) is 37.9 Å². The first kappa shape index (κ1) is 12.3. The summed E-state index contributed by atoms with van der Waals surface area (Å²) >= 11 is 0. The van der Waals surface area contributed by atoms with Crippen LogP contribution in [0.4, 0.5) is 5.82 Å². The van der Waals surface area contributed by atoms with Crippen LogP contribution in [0.3, 0.4) is 0 Å². The lowest BCUT2D eigenvalue weighted by molar-refractivity contribution is 0.249. The second-order valence-corrected chi connectivity index (χ2v) is 5.03. The fourth-order valence-corrected chi connectivity index (χ4v) is 2.24. The van der Waals surface area contributed by atoms with E-state index in [1.807, 2.05) is 0 Å². The summed E-state index contributed by atoms with van der Waals surface area (Å²) in [7, 11) is 0. The van der Waals surface area contributed by atoms with Crippen molar-refractivity contribution in [1.29, 1.82) is 0 Å². The van der Waals surface area contributed by atoms with Crippen LogP contribution < -0.4 is 5.32 Å². The molecule has 1 aromatic rings. The molecule has 0 amide bonds. The maximum atomic E-state index is 9.36. The van der Waals surface area contributed by atoms with Crippen molar-refractivity contribution in [1.82, 2.24) is 9.97 Å². The molecule has 17 heavy (non-hydrogen) atoms. The number of nitrogens with one attached hydrogen (secondary N) is 1. The molecule has 2 N–H and O–H groups in total. The van der Waals surface area contributed by atoms with E-state index in [4.69, 9.17) is 0 Å². The van der Waals surface area contributed by atoms with Crippen LogP contribution in [0.2, 0.25) is 0 Å². The zero-order chi connectivity index (χ0) is 12.3. The number of rotatable bonds is 4. The van der Waals surface area contributed by atoms with E-state index in [0.717, 1.165) is 18.7 Å². The van der Waals surface area contributed by atoms with Crippen LogP contribution >= 0.6 is 0 Å². The van der Waals surface area contributed by atoms with Gasteiger partial charge in [-0.3, -0.25) is 0 Å². The van der Waals surface area contributed by atoms with E-state index in [1.54, 1.807) is 6.33 Å². The molecule has 1 heterocycles. The SMILES string of the molecule is CC(C)[C@@H](CO)Nc1ncnc2c1CCCC2. The largest absolute Gasteiger partial charge is 0.394 e. The molecule has 4 nitrogen and oxygen atoms in total. The fraction of sp³-hybridized carbons (Fsp3) is 0.692. The van der Waals surface area contributed by atoms with Gasteiger partial charge in [0.05, 0.1) is 12.6 Å². The van der Waals surface area contributed by atoms with Gasteiger partial charge < -0.3 is 10.4 Å². The first-order valence-electron chi connectivity index (χ1n) is 6.42. The highest BCUT2D eigenvalue weighted by atomic mass is 16.3. The number of aliphatic hydroxyl groups is 1. The summed E-state index contributed by atoms with van der Waals surface area (Å²) in [4.78, 5) is 8.67. The molecular formula is C13H21N3O. The molecule has 1 atom stereocenters. The number of hydrogen-bond acceptors (Lipinski definition) is 4. The molecule has 94 valence electrons. The molecule has 0 bridgehead atoms. The van der Waals surface area contributed by atoms with Gasteiger partial charge >= 0.3 is 0 Å². The Hall–Kier alpha value is -1.16. The van der Waals surface area contributed by atoms with Gasteiger partial charge in [0.1, 0.15) is 12.1 Å². The Morgan fingerprint density at radius 3 is 2.76 bits per heavy atom. The lowest BCUT2D eigenvalue weighted by atomic mass is 9.96. The number of aryl methyl sites for hydroxylation is 1. The summed E-state index contributed by atoms with van der Waals surface area (Å²) in [5, 5.41) is 12.7. The minimum atomic E-state index is 0.0657. The summed E-state index contributed by atoms with van der Waals surface area (Å²) in [5.41, 5.74) is 2.42. The molecule has 0 fully saturated rings. The minimum absolute atomic E-state index is 0.0657.